The molecule has 154 valence electrons. The van der Waals surface area contributed by atoms with Crippen molar-refractivity contribution in [3.05, 3.63) is 45.9 Å². The van der Waals surface area contributed by atoms with E-state index in [1.54, 1.807) is 11.3 Å². The molecule has 2 aromatic rings. The summed E-state index contributed by atoms with van der Waals surface area (Å²) in [6.45, 7) is 10.1. The van der Waals surface area contributed by atoms with E-state index in [9.17, 15) is 0 Å². The Balaban J connectivity index is 0.00000280. The molecule has 2 N–H and O–H groups in total. The topological polar surface area (TPSA) is 52.6 Å². The number of anilines is 1. The monoisotopic (exact) mass is 513 g/mol. The van der Waals surface area contributed by atoms with Gasteiger partial charge in [-0.2, -0.15) is 0 Å². The summed E-state index contributed by atoms with van der Waals surface area (Å²) in [4.78, 5) is 11.8. The highest BCUT2D eigenvalue weighted by atomic mass is 127. The number of aryl methyl sites for hydroxylation is 2. The molecular weight excluding hydrogens is 481 g/mol. The van der Waals surface area contributed by atoms with Crippen LogP contribution in [0.5, 0.6) is 0 Å². The van der Waals surface area contributed by atoms with E-state index in [2.05, 4.69) is 70.9 Å². The van der Waals surface area contributed by atoms with Gasteiger partial charge in [0.05, 0.1) is 10.7 Å². The van der Waals surface area contributed by atoms with Gasteiger partial charge in [-0.15, -0.1) is 35.3 Å². The number of hydrogen-bond acceptors (Lipinski definition) is 4. The van der Waals surface area contributed by atoms with Crippen molar-refractivity contribution < 1.29 is 0 Å². The van der Waals surface area contributed by atoms with Crippen molar-refractivity contribution in [3.63, 3.8) is 0 Å². The van der Waals surface area contributed by atoms with Gasteiger partial charge in [0.2, 0.25) is 0 Å². The third-order valence-corrected chi connectivity index (χ3v) is 5.85. The average molecular weight is 513 g/mol. The molecule has 1 aromatic heterocycles. The Morgan fingerprint density at radius 1 is 1.29 bits per heavy atom. The van der Waals surface area contributed by atoms with Crippen LogP contribution in [0.1, 0.15) is 36.5 Å². The summed E-state index contributed by atoms with van der Waals surface area (Å²) in [5, 5.41) is 10.4. The minimum atomic E-state index is 0. The number of guanidine groups is 1. The Kier molecular flexibility index (Phi) is 9.50. The molecule has 1 atom stereocenters. The maximum atomic E-state index is 4.76. The normalized spacial score (nSPS) is 16.8. The van der Waals surface area contributed by atoms with Gasteiger partial charge in [-0.1, -0.05) is 24.6 Å². The highest BCUT2D eigenvalue weighted by Gasteiger charge is 2.23. The molecule has 5 nitrogen and oxygen atoms in total. The second-order valence-electron chi connectivity index (χ2n) is 7.01. The van der Waals surface area contributed by atoms with Crippen LogP contribution in [-0.2, 0) is 12.8 Å². The van der Waals surface area contributed by atoms with E-state index >= 15 is 0 Å². The van der Waals surface area contributed by atoms with E-state index in [1.165, 1.54) is 16.3 Å². The zero-order chi connectivity index (χ0) is 19.1. The number of benzene rings is 1. The third-order valence-electron chi connectivity index (χ3n) is 4.81. The summed E-state index contributed by atoms with van der Waals surface area (Å²) in [6, 6.07) is 9.23. The number of halogens is 1. The lowest BCUT2D eigenvalue weighted by Gasteiger charge is -2.20. The Bertz CT molecular complexity index is 744. The van der Waals surface area contributed by atoms with Crippen LogP contribution in [0.25, 0.3) is 0 Å². The molecule has 0 aliphatic carbocycles. The number of nitrogens with one attached hydrogen (secondary N) is 2. The zero-order valence-corrected chi connectivity index (χ0v) is 20.2. The van der Waals surface area contributed by atoms with Crippen molar-refractivity contribution in [2.75, 3.05) is 31.1 Å². The largest absolute Gasteiger partial charge is 0.369 e. The minimum absolute atomic E-state index is 0. The van der Waals surface area contributed by atoms with Crippen molar-refractivity contribution in [1.82, 2.24) is 15.6 Å². The minimum Gasteiger partial charge on any atom is -0.369 e. The summed E-state index contributed by atoms with van der Waals surface area (Å²) in [5.41, 5.74) is 3.77. The average Bonchev–Trinajstić information content (AvgIpc) is 3.32. The summed E-state index contributed by atoms with van der Waals surface area (Å²) >= 11 is 1.75. The predicted octanol–water partition coefficient (Wildman–Crippen LogP) is 4.01. The SMILES string of the molecule is CCNC(=NCCc1csc(CC)n1)NC1CCN(c2ccc(C)cc2)C1.I. The molecule has 1 aliphatic heterocycles. The van der Waals surface area contributed by atoms with Crippen LogP contribution in [0.4, 0.5) is 5.69 Å². The van der Waals surface area contributed by atoms with Crippen LogP contribution in [0.15, 0.2) is 34.6 Å². The number of rotatable bonds is 7. The Hall–Kier alpha value is -1.35. The molecule has 0 radical (unpaired) electrons. The summed E-state index contributed by atoms with van der Waals surface area (Å²) in [6.07, 6.45) is 3.04. The zero-order valence-electron chi connectivity index (χ0n) is 17.1. The first-order valence-electron chi connectivity index (χ1n) is 9.97. The van der Waals surface area contributed by atoms with E-state index in [4.69, 9.17) is 4.99 Å². The number of thiazole rings is 1. The molecule has 2 heterocycles. The molecule has 7 heteroatoms. The lowest BCUT2D eigenvalue weighted by Crippen LogP contribution is -2.44. The molecule has 1 aromatic carbocycles. The Morgan fingerprint density at radius 2 is 2.07 bits per heavy atom. The fourth-order valence-electron chi connectivity index (χ4n) is 3.29. The first-order valence-corrected chi connectivity index (χ1v) is 10.9. The second-order valence-corrected chi connectivity index (χ2v) is 7.95. The van der Waals surface area contributed by atoms with E-state index in [0.717, 1.165) is 57.1 Å². The van der Waals surface area contributed by atoms with Crippen molar-refractivity contribution in [3.8, 4) is 0 Å². The van der Waals surface area contributed by atoms with Gasteiger partial charge in [-0.05, 0) is 38.8 Å². The maximum absolute atomic E-state index is 4.76. The molecule has 28 heavy (non-hydrogen) atoms. The smallest absolute Gasteiger partial charge is 0.191 e. The molecule has 1 fully saturated rings. The van der Waals surface area contributed by atoms with Crippen LogP contribution < -0.4 is 15.5 Å². The number of aliphatic imine (C=N–C) groups is 1. The van der Waals surface area contributed by atoms with Gasteiger partial charge in [-0.25, -0.2) is 4.98 Å². The number of nitrogens with zero attached hydrogens (tertiary/aromatic N) is 3. The third kappa shape index (κ3) is 6.62. The van der Waals surface area contributed by atoms with Crippen LogP contribution in [0.3, 0.4) is 0 Å². The standard InChI is InChI=1S/C21H31N5S.HI/c1-4-20-24-18(15-27-20)10-12-23-21(22-5-2)25-17-11-13-26(14-17)19-8-6-16(3)7-9-19;/h6-9,15,17H,4-5,10-14H2,1-3H3,(H2,22,23,25);1H. The Labute approximate surface area is 190 Å². The van der Waals surface area contributed by atoms with Gasteiger partial charge in [0.1, 0.15) is 0 Å². The molecule has 0 spiro atoms. The maximum Gasteiger partial charge on any atom is 0.191 e. The molecule has 0 amide bonds. The number of hydrogen-bond donors (Lipinski definition) is 2. The summed E-state index contributed by atoms with van der Waals surface area (Å²) in [5.74, 6) is 0.916. The fraction of sp³-hybridized carbons (Fsp3) is 0.524. The van der Waals surface area contributed by atoms with E-state index in [0.29, 0.717) is 6.04 Å². The second kappa shape index (κ2) is 11.6. The molecular formula is C21H32IN5S. The van der Waals surface area contributed by atoms with Gasteiger partial charge >= 0.3 is 0 Å². The van der Waals surface area contributed by atoms with Crippen LogP contribution >= 0.6 is 35.3 Å². The Morgan fingerprint density at radius 3 is 2.75 bits per heavy atom. The van der Waals surface area contributed by atoms with Crippen molar-refractivity contribution in [1.29, 1.82) is 0 Å². The first-order chi connectivity index (χ1) is 13.2. The van der Waals surface area contributed by atoms with Gasteiger partial charge in [0.15, 0.2) is 5.96 Å². The lowest BCUT2D eigenvalue weighted by molar-refractivity contribution is 0.649. The molecule has 3 rings (SSSR count). The van der Waals surface area contributed by atoms with Gasteiger partial charge < -0.3 is 15.5 Å². The predicted molar refractivity (Wildman–Crippen MR) is 132 cm³/mol. The summed E-state index contributed by atoms with van der Waals surface area (Å²) < 4.78 is 0. The van der Waals surface area contributed by atoms with Crippen molar-refractivity contribution in [2.45, 2.75) is 46.1 Å². The quantitative estimate of drug-likeness (QED) is 0.334. The molecule has 1 unspecified atom stereocenters. The van der Waals surface area contributed by atoms with E-state index in [1.807, 2.05) is 0 Å². The van der Waals surface area contributed by atoms with Crippen molar-refractivity contribution >= 4 is 47.0 Å². The van der Waals surface area contributed by atoms with Gasteiger partial charge in [0, 0.05) is 49.7 Å². The number of aromatic nitrogens is 1. The first kappa shape index (κ1) is 22.9. The molecule has 0 saturated carbocycles. The van der Waals surface area contributed by atoms with Crippen LogP contribution in [0, 0.1) is 6.92 Å². The van der Waals surface area contributed by atoms with Crippen LogP contribution in [-0.4, -0.2) is 43.2 Å². The van der Waals surface area contributed by atoms with Crippen LogP contribution in [0.2, 0.25) is 0 Å². The molecule has 1 aliphatic rings. The lowest BCUT2D eigenvalue weighted by atomic mass is 10.2. The molecule has 1 saturated heterocycles. The molecule has 0 bridgehead atoms. The highest BCUT2D eigenvalue weighted by molar-refractivity contribution is 14.0. The fourth-order valence-corrected chi connectivity index (χ4v) is 4.07. The van der Waals surface area contributed by atoms with E-state index < -0.39 is 0 Å². The summed E-state index contributed by atoms with van der Waals surface area (Å²) in [7, 11) is 0. The van der Waals surface area contributed by atoms with Gasteiger partial charge in [-0.3, -0.25) is 4.99 Å². The highest BCUT2D eigenvalue weighted by Crippen LogP contribution is 2.20. The van der Waals surface area contributed by atoms with Gasteiger partial charge in [0.25, 0.3) is 0 Å². The van der Waals surface area contributed by atoms with E-state index in [-0.39, 0.29) is 24.0 Å². The van der Waals surface area contributed by atoms with Crippen molar-refractivity contribution in [2.24, 2.45) is 4.99 Å².